The lowest BCUT2D eigenvalue weighted by Crippen LogP contribution is -2.45. The van der Waals surface area contributed by atoms with E-state index in [0.717, 1.165) is 47.5 Å². The lowest BCUT2D eigenvalue weighted by molar-refractivity contribution is 0.0516. The molecule has 0 unspecified atom stereocenters. The van der Waals surface area contributed by atoms with Gasteiger partial charge in [0, 0.05) is 43.3 Å². The zero-order valence-corrected chi connectivity index (χ0v) is 15.9. The van der Waals surface area contributed by atoms with Crippen LogP contribution in [0.4, 0.5) is 0 Å². The molecule has 0 radical (unpaired) electrons. The van der Waals surface area contributed by atoms with Gasteiger partial charge >= 0.3 is 0 Å². The highest BCUT2D eigenvalue weighted by atomic mass is 16.2. The number of rotatable bonds is 2. The van der Waals surface area contributed by atoms with Crippen LogP contribution < -0.4 is 0 Å². The number of nitrogens with zero attached hydrogens (tertiary/aromatic N) is 4. The van der Waals surface area contributed by atoms with E-state index in [1.165, 1.54) is 25.7 Å². The number of hydrogen-bond donors (Lipinski definition) is 0. The lowest BCUT2D eigenvalue weighted by atomic mass is 9.75. The number of amides is 1. The zero-order valence-electron chi connectivity index (χ0n) is 15.9. The fraction of sp³-hybridized carbons (Fsp3) is 0.391. The van der Waals surface area contributed by atoms with Gasteiger partial charge in [0.15, 0.2) is 0 Å². The number of carbonyl (C=O) groups is 1. The highest BCUT2D eigenvalue weighted by Crippen LogP contribution is 2.36. The van der Waals surface area contributed by atoms with Gasteiger partial charge in [0.2, 0.25) is 0 Å². The molecular weight excluding hydrogens is 348 g/mol. The highest BCUT2D eigenvalue weighted by molar-refractivity contribution is 6.01. The van der Waals surface area contributed by atoms with E-state index in [2.05, 4.69) is 9.97 Å². The van der Waals surface area contributed by atoms with Crippen LogP contribution in [0.15, 0.2) is 49.1 Å². The average Bonchev–Trinajstić information content (AvgIpc) is 2.78. The molecule has 5 nitrogen and oxygen atoms in total. The number of aromatic nitrogens is 3. The van der Waals surface area contributed by atoms with Crippen molar-refractivity contribution in [1.29, 1.82) is 0 Å². The first-order chi connectivity index (χ1) is 13.8. The van der Waals surface area contributed by atoms with E-state index >= 15 is 0 Å². The molecule has 2 aliphatic rings. The number of pyridine rings is 3. The average molecular weight is 372 g/mol. The predicted molar refractivity (Wildman–Crippen MR) is 109 cm³/mol. The van der Waals surface area contributed by atoms with Crippen molar-refractivity contribution in [2.75, 3.05) is 13.1 Å². The molecule has 3 aromatic rings. The number of likely N-dealkylation sites (tertiary alicyclic amines) is 1. The molecule has 142 valence electrons. The third kappa shape index (κ3) is 3.15. The van der Waals surface area contributed by atoms with Crippen molar-refractivity contribution in [3.63, 3.8) is 0 Å². The molecule has 0 N–H and O–H groups in total. The van der Waals surface area contributed by atoms with Crippen LogP contribution in [-0.2, 0) is 0 Å². The molecule has 4 heterocycles. The van der Waals surface area contributed by atoms with Crippen molar-refractivity contribution in [2.45, 2.75) is 32.1 Å². The third-order valence-electron chi connectivity index (χ3n) is 6.40. The first-order valence-electron chi connectivity index (χ1n) is 10.2. The Kier molecular flexibility index (Phi) is 4.51. The summed E-state index contributed by atoms with van der Waals surface area (Å²) < 4.78 is 0. The molecule has 1 amide bonds. The fourth-order valence-corrected chi connectivity index (χ4v) is 4.90. The van der Waals surface area contributed by atoms with Gasteiger partial charge in [0.05, 0.1) is 5.52 Å². The van der Waals surface area contributed by atoms with Gasteiger partial charge in [-0.1, -0.05) is 19.3 Å². The Morgan fingerprint density at radius 3 is 2.61 bits per heavy atom. The summed E-state index contributed by atoms with van der Waals surface area (Å²) in [7, 11) is 0. The quantitative estimate of drug-likeness (QED) is 0.671. The minimum Gasteiger partial charge on any atom is -0.337 e. The molecule has 3 aromatic heterocycles. The highest BCUT2D eigenvalue weighted by Gasteiger charge is 2.33. The van der Waals surface area contributed by atoms with Crippen LogP contribution in [-0.4, -0.2) is 38.8 Å². The normalized spacial score (nSPS) is 22.1. The van der Waals surface area contributed by atoms with Crippen LogP contribution >= 0.6 is 0 Å². The molecule has 28 heavy (non-hydrogen) atoms. The van der Waals surface area contributed by atoms with E-state index in [9.17, 15) is 4.79 Å². The van der Waals surface area contributed by atoms with Gasteiger partial charge in [-0.3, -0.25) is 14.8 Å². The molecular formula is C23H24N4O. The van der Waals surface area contributed by atoms with Crippen LogP contribution in [0.25, 0.3) is 22.0 Å². The number of fused-ring (bicyclic) bond motifs is 2. The molecule has 5 heteroatoms. The Labute approximate surface area is 164 Å². The van der Waals surface area contributed by atoms with E-state index in [0.29, 0.717) is 11.6 Å². The van der Waals surface area contributed by atoms with E-state index in [1.807, 2.05) is 35.4 Å². The molecule has 1 saturated carbocycles. The SMILES string of the molecule is O=C(c1cc(-c2ccncc2)c2cnccc2n1)N1CC[C@@H]2CCCC[C@H]2C1. The van der Waals surface area contributed by atoms with Gasteiger partial charge in [-0.15, -0.1) is 0 Å². The summed E-state index contributed by atoms with van der Waals surface area (Å²) in [5.74, 6) is 1.52. The van der Waals surface area contributed by atoms with Gasteiger partial charge < -0.3 is 4.90 Å². The monoisotopic (exact) mass is 372 g/mol. The maximum Gasteiger partial charge on any atom is 0.272 e. The van der Waals surface area contributed by atoms with Gasteiger partial charge in [0.1, 0.15) is 5.69 Å². The van der Waals surface area contributed by atoms with Crippen LogP contribution in [0.3, 0.4) is 0 Å². The second kappa shape index (κ2) is 7.30. The molecule has 1 aliphatic heterocycles. The Balaban J connectivity index is 1.51. The van der Waals surface area contributed by atoms with Gasteiger partial charge in [-0.05, 0) is 60.1 Å². The number of hydrogen-bond acceptors (Lipinski definition) is 4. The van der Waals surface area contributed by atoms with Crippen molar-refractivity contribution >= 4 is 16.8 Å². The lowest BCUT2D eigenvalue weighted by Gasteiger charge is -2.41. The van der Waals surface area contributed by atoms with Crippen LogP contribution in [0.5, 0.6) is 0 Å². The Bertz CT molecular complexity index is 1000. The smallest absolute Gasteiger partial charge is 0.272 e. The molecule has 2 fully saturated rings. The summed E-state index contributed by atoms with van der Waals surface area (Å²) >= 11 is 0. The summed E-state index contributed by atoms with van der Waals surface area (Å²) in [6.07, 6.45) is 13.5. The van der Waals surface area contributed by atoms with E-state index in [-0.39, 0.29) is 5.91 Å². The Hall–Kier alpha value is -2.82. The summed E-state index contributed by atoms with van der Waals surface area (Å²) in [5.41, 5.74) is 3.34. The van der Waals surface area contributed by atoms with Crippen LogP contribution in [0, 0.1) is 11.8 Å². The molecule has 2 atom stereocenters. The minimum atomic E-state index is 0.0537. The predicted octanol–water partition coefficient (Wildman–Crippen LogP) is 4.34. The van der Waals surface area contributed by atoms with E-state index in [1.54, 1.807) is 18.6 Å². The molecule has 0 spiro atoms. The molecule has 0 bridgehead atoms. The first kappa shape index (κ1) is 17.3. The molecule has 5 rings (SSSR count). The fourth-order valence-electron chi connectivity index (χ4n) is 4.90. The van der Waals surface area contributed by atoms with Crippen molar-refractivity contribution in [3.8, 4) is 11.1 Å². The second-order valence-corrected chi connectivity index (χ2v) is 8.03. The van der Waals surface area contributed by atoms with Crippen molar-refractivity contribution in [2.24, 2.45) is 11.8 Å². The summed E-state index contributed by atoms with van der Waals surface area (Å²) in [5, 5.41) is 0.955. The van der Waals surface area contributed by atoms with E-state index < -0.39 is 0 Å². The van der Waals surface area contributed by atoms with Crippen LogP contribution in [0.2, 0.25) is 0 Å². The van der Waals surface area contributed by atoms with Crippen molar-refractivity contribution < 1.29 is 4.79 Å². The van der Waals surface area contributed by atoms with Crippen molar-refractivity contribution in [1.82, 2.24) is 19.9 Å². The van der Waals surface area contributed by atoms with E-state index in [4.69, 9.17) is 4.98 Å². The van der Waals surface area contributed by atoms with Crippen LogP contribution in [0.1, 0.15) is 42.6 Å². The summed E-state index contributed by atoms with van der Waals surface area (Å²) in [6.45, 7) is 1.73. The Morgan fingerprint density at radius 1 is 0.964 bits per heavy atom. The maximum atomic E-state index is 13.3. The molecule has 1 saturated heterocycles. The standard InChI is InChI=1S/C23H24N4O/c28-23(27-12-8-16-3-1-2-4-18(16)15-27)22-13-19(17-5-9-24-10-6-17)20-14-25-11-7-21(20)26-22/h5-7,9-11,13-14,16,18H,1-4,8,12,15H2/t16-,18-/m0/s1. The summed E-state index contributed by atoms with van der Waals surface area (Å²) in [6, 6.07) is 7.73. The third-order valence-corrected chi connectivity index (χ3v) is 6.40. The number of carbonyl (C=O) groups excluding carboxylic acids is 1. The second-order valence-electron chi connectivity index (χ2n) is 8.03. The molecule has 1 aliphatic carbocycles. The topological polar surface area (TPSA) is 59.0 Å². The zero-order chi connectivity index (χ0) is 18.9. The van der Waals surface area contributed by atoms with Crippen molar-refractivity contribution in [3.05, 3.63) is 54.7 Å². The van der Waals surface area contributed by atoms with Gasteiger partial charge in [-0.2, -0.15) is 0 Å². The number of piperidine rings is 1. The van der Waals surface area contributed by atoms with Gasteiger partial charge in [-0.25, -0.2) is 4.98 Å². The largest absolute Gasteiger partial charge is 0.337 e. The molecule has 0 aromatic carbocycles. The minimum absolute atomic E-state index is 0.0537. The Morgan fingerprint density at radius 2 is 1.75 bits per heavy atom. The maximum absolute atomic E-state index is 13.3. The first-order valence-corrected chi connectivity index (χ1v) is 10.2. The van der Waals surface area contributed by atoms with Gasteiger partial charge in [0.25, 0.3) is 5.91 Å². The summed E-state index contributed by atoms with van der Waals surface area (Å²) in [4.78, 5) is 28.4.